The molecule has 19 heavy (non-hydrogen) atoms. The number of ether oxygens (including phenoxy) is 1. The summed E-state index contributed by atoms with van der Waals surface area (Å²) in [6, 6.07) is 3.60. The maximum atomic E-state index is 12.1. The van der Waals surface area contributed by atoms with Gasteiger partial charge >= 0.3 is 0 Å². The van der Waals surface area contributed by atoms with E-state index in [4.69, 9.17) is 9.15 Å². The predicted octanol–water partition coefficient (Wildman–Crippen LogP) is 1.33. The first-order valence-electron chi connectivity index (χ1n) is 6.27. The largest absolute Gasteiger partial charge is 0.465 e. The molecule has 0 fully saturated rings. The lowest BCUT2D eigenvalue weighted by Crippen LogP contribution is -2.37. The molecule has 1 heterocycles. The lowest BCUT2D eigenvalue weighted by molar-refractivity contribution is -0.126. The van der Waals surface area contributed by atoms with E-state index in [2.05, 4.69) is 0 Å². The van der Waals surface area contributed by atoms with Crippen LogP contribution >= 0.6 is 0 Å². The molecule has 0 saturated heterocycles. The molecule has 5 nitrogen and oxygen atoms in total. The van der Waals surface area contributed by atoms with Gasteiger partial charge in [0.2, 0.25) is 5.91 Å². The van der Waals surface area contributed by atoms with Crippen LogP contribution in [0.1, 0.15) is 5.76 Å². The first-order chi connectivity index (χ1) is 9.13. The minimum Gasteiger partial charge on any atom is -0.465 e. The summed E-state index contributed by atoms with van der Waals surface area (Å²) in [7, 11) is 5.60. The summed E-state index contributed by atoms with van der Waals surface area (Å²) in [6.45, 7) is 2.63. The number of hydrogen-bond donors (Lipinski definition) is 0. The monoisotopic (exact) mass is 266 g/mol. The van der Waals surface area contributed by atoms with Crippen molar-refractivity contribution in [2.45, 2.75) is 0 Å². The van der Waals surface area contributed by atoms with Crippen LogP contribution in [0.25, 0.3) is 6.08 Å². The molecule has 0 aliphatic carbocycles. The van der Waals surface area contributed by atoms with Crippen molar-refractivity contribution in [1.82, 2.24) is 9.80 Å². The molecule has 0 atom stereocenters. The lowest BCUT2D eigenvalue weighted by Gasteiger charge is -2.22. The average molecular weight is 266 g/mol. The van der Waals surface area contributed by atoms with E-state index in [0.717, 1.165) is 6.54 Å². The number of carbonyl (C=O) groups excluding carboxylic acids is 1. The minimum absolute atomic E-state index is 0.0321. The summed E-state index contributed by atoms with van der Waals surface area (Å²) in [5.41, 5.74) is 0. The number of amides is 1. The molecular formula is C14H22N2O3. The number of furan rings is 1. The van der Waals surface area contributed by atoms with E-state index >= 15 is 0 Å². The first kappa shape index (κ1) is 15.5. The maximum Gasteiger partial charge on any atom is 0.246 e. The predicted molar refractivity (Wildman–Crippen MR) is 74.8 cm³/mol. The van der Waals surface area contributed by atoms with Gasteiger partial charge in [0.15, 0.2) is 0 Å². The van der Waals surface area contributed by atoms with Crippen LogP contribution in [0.5, 0.6) is 0 Å². The van der Waals surface area contributed by atoms with Gasteiger partial charge < -0.3 is 19.0 Å². The normalized spacial score (nSPS) is 11.4. The van der Waals surface area contributed by atoms with Crippen molar-refractivity contribution in [2.24, 2.45) is 0 Å². The fraction of sp³-hybridized carbons (Fsp3) is 0.500. The second kappa shape index (κ2) is 8.50. The Morgan fingerprint density at radius 2 is 2.16 bits per heavy atom. The van der Waals surface area contributed by atoms with Crippen molar-refractivity contribution < 1.29 is 13.9 Å². The van der Waals surface area contributed by atoms with Gasteiger partial charge in [-0.3, -0.25) is 4.79 Å². The average Bonchev–Trinajstić information content (AvgIpc) is 2.89. The second-order valence-corrected chi connectivity index (χ2v) is 4.47. The van der Waals surface area contributed by atoms with Crippen LogP contribution < -0.4 is 0 Å². The zero-order valence-electron chi connectivity index (χ0n) is 11.8. The van der Waals surface area contributed by atoms with Crippen LogP contribution in [0.4, 0.5) is 0 Å². The highest BCUT2D eigenvalue weighted by atomic mass is 16.5. The molecule has 1 amide bonds. The first-order valence-corrected chi connectivity index (χ1v) is 6.27. The molecule has 0 N–H and O–H groups in total. The summed E-state index contributed by atoms with van der Waals surface area (Å²) in [5, 5.41) is 0. The Balaban J connectivity index is 2.54. The summed E-state index contributed by atoms with van der Waals surface area (Å²) in [5.74, 6) is 0.642. The molecule has 0 aliphatic heterocycles. The Bertz CT molecular complexity index is 385. The smallest absolute Gasteiger partial charge is 0.246 e. The van der Waals surface area contributed by atoms with Gasteiger partial charge in [0.25, 0.3) is 0 Å². The van der Waals surface area contributed by atoms with Crippen molar-refractivity contribution in [3.05, 3.63) is 30.2 Å². The lowest BCUT2D eigenvalue weighted by atomic mass is 10.3. The van der Waals surface area contributed by atoms with Crippen LogP contribution in [0.3, 0.4) is 0 Å². The molecule has 0 unspecified atom stereocenters. The summed E-state index contributed by atoms with van der Waals surface area (Å²) in [6.07, 6.45) is 4.79. The Kier molecular flexibility index (Phi) is 6.92. The van der Waals surface area contributed by atoms with Gasteiger partial charge in [0, 0.05) is 32.8 Å². The third kappa shape index (κ3) is 6.22. The zero-order valence-corrected chi connectivity index (χ0v) is 11.8. The van der Waals surface area contributed by atoms with Crippen LogP contribution in [0.2, 0.25) is 0 Å². The number of rotatable bonds is 8. The quantitative estimate of drug-likeness (QED) is 0.666. The van der Waals surface area contributed by atoms with E-state index in [1.54, 1.807) is 30.4 Å². The standard InChI is InChI=1S/C14H22N2O3/c1-15(2)8-9-16(10-12-18-3)14(17)7-6-13-5-4-11-19-13/h4-7,11H,8-10,12H2,1-3H3. The second-order valence-electron chi connectivity index (χ2n) is 4.47. The van der Waals surface area contributed by atoms with E-state index in [1.165, 1.54) is 6.08 Å². The van der Waals surface area contributed by atoms with Crippen molar-refractivity contribution in [3.63, 3.8) is 0 Å². The van der Waals surface area contributed by atoms with E-state index < -0.39 is 0 Å². The molecule has 0 aliphatic rings. The third-order valence-electron chi connectivity index (χ3n) is 2.63. The molecule has 0 radical (unpaired) electrons. The fourth-order valence-corrected chi connectivity index (χ4v) is 1.50. The number of methoxy groups -OCH3 is 1. The van der Waals surface area contributed by atoms with Crippen molar-refractivity contribution in [1.29, 1.82) is 0 Å². The molecule has 1 aromatic heterocycles. The SMILES string of the molecule is COCCN(CCN(C)C)C(=O)C=Cc1ccco1. The van der Waals surface area contributed by atoms with Crippen molar-refractivity contribution in [2.75, 3.05) is 47.4 Å². The number of likely N-dealkylation sites (N-methyl/N-ethyl adjacent to an activating group) is 1. The minimum atomic E-state index is -0.0321. The van der Waals surface area contributed by atoms with Gasteiger partial charge in [-0.2, -0.15) is 0 Å². The summed E-state index contributed by atoms with van der Waals surface area (Å²) in [4.78, 5) is 15.9. The number of nitrogens with zero attached hydrogens (tertiary/aromatic N) is 2. The van der Waals surface area contributed by atoms with E-state index in [1.807, 2.05) is 25.1 Å². The molecule has 0 spiro atoms. The van der Waals surface area contributed by atoms with Gasteiger partial charge in [0.1, 0.15) is 5.76 Å². The van der Waals surface area contributed by atoms with Crippen molar-refractivity contribution >= 4 is 12.0 Å². The fourth-order valence-electron chi connectivity index (χ4n) is 1.50. The van der Waals surface area contributed by atoms with Gasteiger partial charge in [0.05, 0.1) is 12.9 Å². The Labute approximate surface area is 114 Å². The number of carbonyl (C=O) groups is 1. The highest BCUT2D eigenvalue weighted by molar-refractivity contribution is 5.91. The summed E-state index contributed by atoms with van der Waals surface area (Å²) >= 11 is 0. The van der Waals surface area contributed by atoms with Gasteiger partial charge in [-0.05, 0) is 32.3 Å². The topological polar surface area (TPSA) is 45.9 Å². The third-order valence-corrected chi connectivity index (χ3v) is 2.63. The number of hydrogen-bond acceptors (Lipinski definition) is 4. The molecule has 5 heteroatoms. The molecule has 106 valence electrons. The Hall–Kier alpha value is -1.59. The van der Waals surface area contributed by atoms with E-state index in [0.29, 0.717) is 25.5 Å². The molecular weight excluding hydrogens is 244 g/mol. The molecule has 0 aromatic carbocycles. The van der Waals surface area contributed by atoms with Crippen molar-refractivity contribution in [3.8, 4) is 0 Å². The summed E-state index contributed by atoms with van der Waals surface area (Å²) < 4.78 is 10.2. The molecule has 1 rings (SSSR count). The van der Waals surface area contributed by atoms with Crippen LogP contribution in [0.15, 0.2) is 28.9 Å². The maximum absolute atomic E-state index is 12.1. The van der Waals surface area contributed by atoms with Gasteiger partial charge in [-0.15, -0.1) is 0 Å². The zero-order chi connectivity index (χ0) is 14.1. The molecule has 0 bridgehead atoms. The molecule has 1 aromatic rings. The molecule has 0 saturated carbocycles. The van der Waals surface area contributed by atoms with Gasteiger partial charge in [-0.25, -0.2) is 0 Å². The Morgan fingerprint density at radius 3 is 2.74 bits per heavy atom. The van der Waals surface area contributed by atoms with Crippen LogP contribution in [0, 0.1) is 0 Å². The highest BCUT2D eigenvalue weighted by Gasteiger charge is 2.10. The van der Waals surface area contributed by atoms with Crippen LogP contribution in [-0.4, -0.2) is 63.2 Å². The van der Waals surface area contributed by atoms with E-state index in [-0.39, 0.29) is 5.91 Å². The van der Waals surface area contributed by atoms with Gasteiger partial charge in [-0.1, -0.05) is 0 Å². The van der Waals surface area contributed by atoms with E-state index in [9.17, 15) is 4.79 Å². The highest BCUT2D eigenvalue weighted by Crippen LogP contribution is 2.03. The van der Waals surface area contributed by atoms with Crippen LogP contribution in [-0.2, 0) is 9.53 Å². The Morgan fingerprint density at radius 1 is 1.37 bits per heavy atom.